The Labute approximate surface area is 111 Å². The fourth-order valence-corrected chi connectivity index (χ4v) is 1.84. The van der Waals surface area contributed by atoms with E-state index in [0.717, 1.165) is 13.0 Å². The van der Waals surface area contributed by atoms with Gasteiger partial charge in [-0.05, 0) is 18.1 Å². The maximum absolute atomic E-state index is 8.86. The highest BCUT2D eigenvalue weighted by molar-refractivity contribution is 6.34. The van der Waals surface area contributed by atoms with Crippen LogP contribution in [0.5, 0.6) is 0 Å². The third-order valence-corrected chi connectivity index (χ3v) is 2.94. The molecular formula is C14H12ClN3. The van der Waals surface area contributed by atoms with E-state index < -0.39 is 0 Å². The van der Waals surface area contributed by atoms with Gasteiger partial charge in [0.25, 0.3) is 0 Å². The van der Waals surface area contributed by atoms with Gasteiger partial charge < -0.3 is 5.32 Å². The molecule has 2 aromatic rings. The Balaban J connectivity index is 1.97. The number of nitriles is 1. The topological polar surface area (TPSA) is 48.7 Å². The zero-order chi connectivity index (χ0) is 12.8. The first-order valence-corrected chi connectivity index (χ1v) is 6.01. The van der Waals surface area contributed by atoms with Crippen molar-refractivity contribution in [1.82, 2.24) is 4.98 Å². The quantitative estimate of drug-likeness (QED) is 0.915. The first-order valence-electron chi connectivity index (χ1n) is 5.63. The largest absolute Gasteiger partial charge is 0.368 e. The first-order chi connectivity index (χ1) is 8.81. The second-order valence-corrected chi connectivity index (χ2v) is 4.17. The molecule has 0 saturated carbocycles. The van der Waals surface area contributed by atoms with Crippen LogP contribution in [-0.2, 0) is 6.42 Å². The van der Waals surface area contributed by atoms with E-state index in [-0.39, 0.29) is 0 Å². The van der Waals surface area contributed by atoms with Crippen LogP contribution >= 0.6 is 11.6 Å². The lowest BCUT2D eigenvalue weighted by molar-refractivity contribution is 1.01. The molecule has 0 aliphatic rings. The summed E-state index contributed by atoms with van der Waals surface area (Å²) in [7, 11) is 0. The predicted octanol–water partition coefficient (Wildman–Crippen LogP) is 3.26. The molecule has 1 aromatic carbocycles. The average molecular weight is 258 g/mol. The molecule has 0 bridgehead atoms. The molecule has 18 heavy (non-hydrogen) atoms. The molecule has 1 heterocycles. The zero-order valence-corrected chi connectivity index (χ0v) is 10.5. The van der Waals surface area contributed by atoms with Gasteiger partial charge >= 0.3 is 0 Å². The summed E-state index contributed by atoms with van der Waals surface area (Å²) in [5.74, 6) is 0.562. The Kier molecular flexibility index (Phi) is 4.16. The zero-order valence-electron chi connectivity index (χ0n) is 9.73. The third-order valence-electron chi connectivity index (χ3n) is 2.56. The molecule has 3 nitrogen and oxygen atoms in total. The standard InChI is InChI=1S/C14H12ClN3/c15-13-12(10-16)7-9-18-14(13)17-8-6-11-4-2-1-3-5-11/h1-5,7,9H,6,8H2,(H,17,18). The highest BCUT2D eigenvalue weighted by Gasteiger charge is 2.06. The van der Waals surface area contributed by atoms with E-state index >= 15 is 0 Å². The van der Waals surface area contributed by atoms with Crippen LogP contribution in [0.3, 0.4) is 0 Å². The van der Waals surface area contributed by atoms with E-state index in [1.807, 2.05) is 24.3 Å². The Bertz CT molecular complexity index is 561. The molecule has 0 fully saturated rings. The van der Waals surface area contributed by atoms with Crippen molar-refractivity contribution < 1.29 is 0 Å². The van der Waals surface area contributed by atoms with Gasteiger partial charge in [0, 0.05) is 12.7 Å². The van der Waals surface area contributed by atoms with Crippen molar-refractivity contribution in [2.75, 3.05) is 11.9 Å². The number of pyridine rings is 1. The van der Waals surface area contributed by atoms with Crippen molar-refractivity contribution in [3.8, 4) is 6.07 Å². The fraction of sp³-hybridized carbons (Fsp3) is 0.143. The van der Waals surface area contributed by atoms with Gasteiger partial charge in [0.05, 0.1) is 5.56 Å². The minimum atomic E-state index is 0.382. The van der Waals surface area contributed by atoms with Crippen LogP contribution in [0, 0.1) is 11.3 Å². The van der Waals surface area contributed by atoms with Crippen molar-refractivity contribution in [1.29, 1.82) is 5.26 Å². The van der Waals surface area contributed by atoms with Crippen LogP contribution in [0.1, 0.15) is 11.1 Å². The summed E-state index contributed by atoms with van der Waals surface area (Å²) in [6.45, 7) is 0.728. The van der Waals surface area contributed by atoms with Gasteiger partial charge in [-0.25, -0.2) is 4.98 Å². The molecule has 1 aromatic heterocycles. The molecule has 0 atom stereocenters. The fourth-order valence-electron chi connectivity index (χ4n) is 1.62. The molecule has 0 unspecified atom stereocenters. The molecule has 0 saturated heterocycles. The van der Waals surface area contributed by atoms with Gasteiger partial charge in [0.2, 0.25) is 0 Å². The van der Waals surface area contributed by atoms with Gasteiger partial charge in [0.1, 0.15) is 16.9 Å². The summed E-state index contributed by atoms with van der Waals surface area (Å²) < 4.78 is 0. The molecule has 0 amide bonds. The van der Waals surface area contributed by atoms with Crippen LogP contribution in [0.15, 0.2) is 42.6 Å². The second kappa shape index (κ2) is 6.04. The summed E-state index contributed by atoms with van der Waals surface area (Å²) in [5.41, 5.74) is 1.69. The normalized spacial score (nSPS) is 9.78. The lowest BCUT2D eigenvalue weighted by Gasteiger charge is -2.07. The van der Waals surface area contributed by atoms with E-state index in [1.165, 1.54) is 5.56 Å². The van der Waals surface area contributed by atoms with Crippen LogP contribution in [0.4, 0.5) is 5.82 Å². The number of nitrogens with one attached hydrogen (secondary N) is 1. The highest BCUT2D eigenvalue weighted by atomic mass is 35.5. The van der Waals surface area contributed by atoms with Gasteiger partial charge in [-0.1, -0.05) is 41.9 Å². The number of hydrogen-bond acceptors (Lipinski definition) is 3. The lowest BCUT2D eigenvalue weighted by Crippen LogP contribution is -2.07. The monoisotopic (exact) mass is 257 g/mol. The average Bonchev–Trinajstić information content (AvgIpc) is 2.42. The Morgan fingerprint density at radius 2 is 2.00 bits per heavy atom. The lowest BCUT2D eigenvalue weighted by atomic mass is 10.1. The SMILES string of the molecule is N#Cc1ccnc(NCCc2ccccc2)c1Cl. The summed E-state index contributed by atoms with van der Waals surface area (Å²) in [6.07, 6.45) is 2.46. The van der Waals surface area contributed by atoms with Crippen LogP contribution in [0.25, 0.3) is 0 Å². The first kappa shape index (κ1) is 12.4. The molecule has 0 aliphatic heterocycles. The van der Waals surface area contributed by atoms with Gasteiger partial charge in [-0.2, -0.15) is 5.26 Å². The minimum absolute atomic E-state index is 0.382. The van der Waals surface area contributed by atoms with Gasteiger partial charge in [0.15, 0.2) is 0 Å². The van der Waals surface area contributed by atoms with E-state index in [4.69, 9.17) is 16.9 Å². The van der Waals surface area contributed by atoms with Crippen LogP contribution in [0.2, 0.25) is 5.02 Å². The van der Waals surface area contributed by atoms with Gasteiger partial charge in [-0.3, -0.25) is 0 Å². The summed E-state index contributed by atoms with van der Waals surface area (Å²) >= 11 is 6.04. The number of halogens is 1. The van der Waals surface area contributed by atoms with Gasteiger partial charge in [-0.15, -0.1) is 0 Å². The maximum atomic E-state index is 8.86. The molecule has 4 heteroatoms. The molecule has 0 spiro atoms. The Morgan fingerprint density at radius 3 is 2.72 bits per heavy atom. The Hall–Kier alpha value is -2.05. The molecule has 90 valence electrons. The molecule has 0 radical (unpaired) electrons. The molecular weight excluding hydrogens is 246 g/mol. The smallest absolute Gasteiger partial charge is 0.146 e. The van der Waals surface area contributed by atoms with E-state index in [0.29, 0.717) is 16.4 Å². The second-order valence-electron chi connectivity index (χ2n) is 3.80. The Morgan fingerprint density at radius 1 is 1.22 bits per heavy atom. The van der Waals surface area contributed by atoms with Crippen molar-refractivity contribution in [2.45, 2.75) is 6.42 Å². The maximum Gasteiger partial charge on any atom is 0.146 e. The summed E-state index contributed by atoms with van der Waals surface area (Å²) in [4.78, 5) is 4.12. The van der Waals surface area contributed by atoms with Crippen molar-refractivity contribution >= 4 is 17.4 Å². The van der Waals surface area contributed by atoms with Crippen molar-refractivity contribution in [3.05, 3.63) is 58.7 Å². The predicted molar refractivity (Wildman–Crippen MR) is 72.6 cm³/mol. The van der Waals surface area contributed by atoms with E-state index in [9.17, 15) is 0 Å². The van der Waals surface area contributed by atoms with Crippen molar-refractivity contribution in [3.63, 3.8) is 0 Å². The number of rotatable bonds is 4. The summed E-state index contributed by atoms with van der Waals surface area (Å²) in [6, 6.07) is 13.8. The van der Waals surface area contributed by atoms with E-state index in [1.54, 1.807) is 12.3 Å². The van der Waals surface area contributed by atoms with E-state index in [2.05, 4.69) is 22.4 Å². The highest BCUT2D eigenvalue weighted by Crippen LogP contribution is 2.22. The number of hydrogen-bond donors (Lipinski definition) is 1. The molecule has 1 N–H and O–H groups in total. The molecule has 0 aliphatic carbocycles. The van der Waals surface area contributed by atoms with Crippen LogP contribution in [-0.4, -0.2) is 11.5 Å². The van der Waals surface area contributed by atoms with Crippen LogP contribution < -0.4 is 5.32 Å². The number of aromatic nitrogens is 1. The summed E-state index contributed by atoms with van der Waals surface area (Å²) in [5, 5.41) is 12.4. The molecule has 2 rings (SSSR count). The third kappa shape index (κ3) is 2.99. The number of benzene rings is 1. The minimum Gasteiger partial charge on any atom is -0.368 e. The van der Waals surface area contributed by atoms with Crippen molar-refractivity contribution in [2.24, 2.45) is 0 Å². The number of nitrogens with zero attached hydrogens (tertiary/aromatic N) is 2. The number of anilines is 1.